The third-order valence-corrected chi connectivity index (χ3v) is 1.77. The summed E-state index contributed by atoms with van der Waals surface area (Å²) in [6.07, 6.45) is 0. The van der Waals surface area contributed by atoms with E-state index in [0.717, 1.165) is 0 Å². The van der Waals surface area contributed by atoms with Gasteiger partial charge in [0.2, 0.25) is 0 Å². The molecule has 0 atom stereocenters. The fourth-order valence-corrected chi connectivity index (χ4v) is 0.589. The third kappa shape index (κ3) is 3.06. The van der Waals surface area contributed by atoms with Crippen LogP contribution in [-0.4, -0.2) is 13.1 Å². The molecule has 11 heavy (non-hydrogen) atoms. The summed E-state index contributed by atoms with van der Waals surface area (Å²) in [5.41, 5.74) is 8.24. The van der Waals surface area contributed by atoms with E-state index in [2.05, 4.69) is 30.7 Å². The second kappa shape index (κ2) is 4.76. The average Bonchev–Trinajstić information content (AvgIpc) is 2.02. The Balaban J connectivity index is 4.65. The highest BCUT2D eigenvalue weighted by atomic mass is 79.9. The molecule has 0 aliphatic heterocycles. The number of allylic oxidation sites excluding steroid dienone is 1. The number of nitrogens with zero attached hydrogens (tertiary/aromatic N) is 3. The maximum absolute atomic E-state index is 10.7. The molecule has 5 nitrogen and oxygen atoms in total. The van der Waals surface area contributed by atoms with Gasteiger partial charge in [0.25, 0.3) is 0 Å². The summed E-state index contributed by atoms with van der Waals surface area (Å²) in [5.74, 6) is -0.560. The smallest absolute Gasteiger partial charge is 0.345 e. The highest BCUT2D eigenvalue weighted by molar-refractivity contribution is 9.12. The van der Waals surface area contributed by atoms with E-state index in [1.54, 1.807) is 0 Å². The van der Waals surface area contributed by atoms with Crippen LogP contribution < -0.4 is 0 Å². The zero-order valence-electron chi connectivity index (χ0n) is 6.04. The molecule has 6 heteroatoms. The van der Waals surface area contributed by atoms with Crippen LogP contribution in [0.2, 0.25) is 0 Å². The molecule has 0 fully saturated rings. The van der Waals surface area contributed by atoms with Crippen LogP contribution in [0.25, 0.3) is 10.4 Å². The molecular formula is C5H6BrN3O2. The van der Waals surface area contributed by atoms with Crippen molar-refractivity contribution in [2.75, 3.05) is 7.11 Å². The zero-order chi connectivity index (χ0) is 8.85. The van der Waals surface area contributed by atoms with E-state index in [1.807, 2.05) is 0 Å². The first-order valence-electron chi connectivity index (χ1n) is 2.63. The average molecular weight is 220 g/mol. The lowest BCUT2D eigenvalue weighted by molar-refractivity contribution is -0.135. The largest absolute Gasteiger partial charge is 0.465 e. The number of carbonyl (C=O) groups excluding carboxylic acids is 1. The first kappa shape index (κ1) is 10.0. The van der Waals surface area contributed by atoms with Gasteiger partial charge in [-0.15, -0.1) is 0 Å². The molecule has 60 valence electrons. The van der Waals surface area contributed by atoms with Gasteiger partial charge in [-0.3, -0.25) is 0 Å². The fraction of sp³-hybridized carbons (Fsp3) is 0.400. The van der Waals surface area contributed by atoms with E-state index < -0.39 is 5.97 Å². The first-order chi connectivity index (χ1) is 5.13. The normalized spacial score (nSPS) is 11.2. The molecule has 0 spiro atoms. The molecule has 0 heterocycles. The molecule has 0 radical (unpaired) electrons. The number of carbonyl (C=O) groups is 1. The van der Waals surface area contributed by atoms with Crippen molar-refractivity contribution in [1.29, 1.82) is 0 Å². The van der Waals surface area contributed by atoms with Gasteiger partial charge in [-0.2, -0.15) is 0 Å². The van der Waals surface area contributed by atoms with Gasteiger partial charge in [-0.05, 0) is 28.4 Å². The van der Waals surface area contributed by atoms with E-state index in [-0.39, 0.29) is 10.2 Å². The van der Waals surface area contributed by atoms with Crippen molar-refractivity contribution in [3.05, 3.63) is 20.6 Å². The molecule has 0 aliphatic rings. The predicted octanol–water partition coefficient (Wildman–Crippen LogP) is 2.10. The molecule has 0 aromatic rings. The Morgan fingerprint density at radius 2 is 2.27 bits per heavy atom. The molecule has 0 saturated carbocycles. The van der Waals surface area contributed by atoms with Gasteiger partial charge in [-0.1, -0.05) is 5.11 Å². The van der Waals surface area contributed by atoms with Crippen molar-refractivity contribution in [2.24, 2.45) is 5.11 Å². The van der Waals surface area contributed by atoms with Gasteiger partial charge >= 0.3 is 5.97 Å². The Bertz CT molecular complexity index is 242. The molecule has 0 bridgehead atoms. The summed E-state index contributed by atoms with van der Waals surface area (Å²) in [6, 6.07) is 0. The summed E-state index contributed by atoms with van der Waals surface area (Å²) >= 11 is 2.91. The van der Waals surface area contributed by atoms with Gasteiger partial charge in [0, 0.05) is 10.6 Å². The topological polar surface area (TPSA) is 75.1 Å². The van der Waals surface area contributed by atoms with Crippen LogP contribution in [0.1, 0.15) is 6.92 Å². The maximum atomic E-state index is 10.7. The highest BCUT2D eigenvalue weighted by Crippen LogP contribution is 2.14. The van der Waals surface area contributed by atoms with E-state index in [1.165, 1.54) is 14.0 Å². The van der Waals surface area contributed by atoms with Crippen LogP contribution in [0, 0.1) is 0 Å². The summed E-state index contributed by atoms with van der Waals surface area (Å²) in [6.45, 7) is 1.50. The molecule has 0 aromatic heterocycles. The maximum Gasteiger partial charge on any atom is 0.345 e. The van der Waals surface area contributed by atoms with E-state index in [4.69, 9.17) is 5.53 Å². The van der Waals surface area contributed by atoms with Gasteiger partial charge in [0.05, 0.1) is 7.11 Å². The number of rotatable bonds is 2. The summed E-state index contributed by atoms with van der Waals surface area (Å²) in [4.78, 5) is 13.2. The molecule has 0 saturated heterocycles. The van der Waals surface area contributed by atoms with Gasteiger partial charge in [0.15, 0.2) is 0 Å². The number of azide groups is 1. The number of halogens is 1. The Labute approximate surface area is 71.8 Å². The molecule has 0 N–H and O–H groups in total. The van der Waals surface area contributed by atoms with Crippen LogP contribution in [0.5, 0.6) is 0 Å². The van der Waals surface area contributed by atoms with E-state index in [9.17, 15) is 4.79 Å². The van der Waals surface area contributed by atoms with Crippen molar-refractivity contribution >= 4 is 21.9 Å². The Kier molecular flexibility index (Phi) is 4.33. The SMILES string of the molecule is COC(=O)/C(Br)=C(/C)N=[N+]=[N-]. The second-order valence-electron chi connectivity index (χ2n) is 1.58. The van der Waals surface area contributed by atoms with Gasteiger partial charge in [-0.25, -0.2) is 4.79 Å². The first-order valence-corrected chi connectivity index (χ1v) is 3.42. The molecule has 0 unspecified atom stereocenters. The minimum atomic E-state index is -0.560. The zero-order valence-corrected chi connectivity index (χ0v) is 7.62. The van der Waals surface area contributed by atoms with E-state index in [0.29, 0.717) is 0 Å². The lowest BCUT2D eigenvalue weighted by Gasteiger charge is -1.96. The number of hydrogen-bond acceptors (Lipinski definition) is 3. The number of hydrogen-bond donors (Lipinski definition) is 0. The highest BCUT2D eigenvalue weighted by Gasteiger charge is 2.07. The molecule has 0 aliphatic carbocycles. The standard InChI is InChI=1S/C5H6BrN3O2/c1-3(8-9-7)4(6)5(10)11-2/h1-2H3/b4-3+. The summed E-state index contributed by atoms with van der Waals surface area (Å²) in [5, 5.41) is 3.21. The van der Waals surface area contributed by atoms with E-state index >= 15 is 0 Å². The van der Waals surface area contributed by atoms with Crippen molar-refractivity contribution in [3.8, 4) is 0 Å². The third-order valence-electron chi connectivity index (χ3n) is 0.877. The minimum Gasteiger partial charge on any atom is -0.465 e. The molecule has 0 rings (SSSR count). The van der Waals surface area contributed by atoms with Crippen LogP contribution in [-0.2, 0) is 9.53 Å². The van der Waals surface area contributed by atoms with Crippen LogP contribution in [0.15, 0.2) is 15.3 Å². The second-order valence-corrected chi connectivity index (χ2v) is 2.37. The monoisotopic (exact) mass is 219 g/mol. The summed E-state index contributed by atoms with van der Waals surface area (Å²) < 4.78 is 4.49. The van der Waals surface area contributed by atoms with Crippen molar-refractivity contribution < 1.29 is 9.53 Å². The lowest BCUT2D eigenvalue weighted by atomic mass is 10.4. The minimum absolute atomic E-state index is 0.137. The van der Waals surface area contributed by atoms with Crippen molar-refractivity contribution in [3.63, 3.8) is 0 Å². The van der Waals surface area contributed by atoms with Crippen LogP contribution in [0.4, 0.5) is 0 Å². The predicted molar refractivity (Wildman–Crippen MR) is 42.8 cm³/mol. The Hall–Kier alpha value is -1.00. The van der Waals surface area contributed by atoms with Crippen molar-refractivity contribution in [1.82, 2.24) is 0 Å². The van der Waals surface area contributed by atoms with Crippen LogP contribution >= 0.6 is 15.9 Å². The number of methoxy groups -OCH3 is 1. The lowest BCUT2D eigenvalue weighted by Crippen LogP contribution is -2.00. The molecule has 0 aromatic carbocycles. The Morgan fingerprint density at radius 1 is 1.73 bits per heavy atom. The quantitative estimate of drug-likeness (QED) is 0.235. The number of esters is 1. The van der Waals surface area contributed by atoms with Crippen LogP contribution in [0.3, 0.4) is 0 Å². The fourth-order valence-electron chi connectivity index (χ4n) is 0.348. The summed E-state index contributed by atoms with van der Waals surface area (Å²) in [7, 11) is 1.24. The van der Waals surface area contributed by atoms with Gasteiger partial charge in [0.1, 0.15) is 4.48 Å². The molecular weight excluding hydrogens is 214 g/mol. The van der Waals surface area contributed by atoms with Gasteiger partial charge < -0.3 is 4.74 Å². The van der Waals surface area contributed by atoms with Crippen molar-refractivity contribution in [2.45, 2.75) is 6.92 Å². The number of ether oxygens (including phenoxy) is 1. The molecule has 0 amide bonds. The Morgan fingerprint density at radius 3 is 2.64 bits per heavy atom.